The van der Waals surface area contributed by atoms with Crippen LogP contribution in [-0.4, -0.2) is 133 Å². The van der Waals surface area contributed by atoms with Crippen molar-refractivity contribution in [2.75, 3.05) is 0 Å². The summed E-state index contributed by atoms with van der Waals surface area (Å²) in [5, 5.41) is 0. The Labute approximate surface area is 266 Å². The molecule has 256 valence electrons. The van der Waals surface area contributed by atoms with Gasteiger partial charge in [0.1, 0.15) is 0 Å². The van der Waals surface area contributed by atoms with Crippen LogP contribution < -0.4 is 25.3 Å². The van der Waals surface area contributed by atoms with Gasteiger partial charge in [0.15, 0.2) is 7.14 Å². The van der Waals surface area contributed by atoms with E-state index < -0.39 is 87.9 Å². The topological polar surface area (TPSA) is 348 Å². The fraction of sp³-hybridized carbons (Fsp3) is 0. The molecule has 0 aliphatic rings. The standard InChI is InChI=1S/C12H10I.6AsFH2O3/c1-3-7-11(8-4-1)13-12-9-5-2-6-10-12;6*2-1(3,4)5/h1-10H;6*(H2,3,4,5)/q+1;;;;;;/p-1. The molecule has 1 atom stereocenters. The zero-order valence-corrected chi connectivity index (χ0v) is 33.3. The van der Waals surface area contributed by atoms with Gasteiger partial charge < -0.3 is 0 Å². The van der Waals surface area contributed by atoms with Crippen LogP contribution >= 0.6 is 0 Å². The molecule has 0 amide bonds. The normalized spacial score (nSPS) is 12.3. The molecule has 0 fully saturated rings. The average molecular weight is 1140 g/mol. The Morgan fingerprint density at radius 3 is 0.651 bits per heavy atom. The summed E-state index contributed by atoms with van der Waals surface area (Å²) < 4.78 is 203. The quantitative estimate of drug-likeness (QED) is 0.0756. The molecule has 31 heteroatoms. The van der Waals surface area contributed by atoms with Crippen LogP contribution in [0.4, 0.5) is 20.8 Å². The number of rotatable bonds is 2. The van der Waals surface area contributed by atoms with Gasteiger partial charge >= 0.3 is 201 Å². The minimum absolute atomic E-state index is 0.0287. The number of benzene rings is 2. The van der Waals surface area contributed by atoms with Crippen LogP contribution in [0.2, 0.25) is 0 Å². The van der Waals surface area contributed by atoms with Crippen molar-refractivity contribution in [1.29, 1.82) is 0 Å². The van der Waals surface area contributed by atoms with Crippen LogP contribution in [0, 0.1) is 7.14 Å². The molecular formula is C12H21As6F6IO18. The summed E-state index contributed by atoms with van der Waals surface area (Å²) in [6.45, 7) is 0. The first-order valence-corrected chi connectivity index (χ1v) is 29.7. The van der Waals surface area contributed by atoms with E-state index in [0.717, 1.165) is 0 Å². The largest absolute Gasteiger partial charge is 0.357 e. The first-order chi connectivity index (χ1) is 18.4. The third-order valence-electron chi connectivity index (χ3n) is 1.68. The molecule has 0 heterocycles. The molecule has 2 aromatic rings. The Hall–Kier alpha value is 0.421. The summed E-state index contributed by atoms with van der Waals surface area (Å²) in [4.78, 5) is 0. The van der Waals surface area contributed by atoms with E-state index >= 15 is 0 Å². The van der Waals surface area contributed by atoms with Crippen molar-refractivity contribution in [2.24, 2.45) is 0 Å². The molecule has 2 rings (SSSR count). The van der Waals surface area contributed by atoms with E-state index in [-0.39, 0.29) is 21.2 Å². The smallest absolute Gasteiger partial charge is 0.0619 e. The Kier molecular flexibility index (Phi) is 31.4. The van der Waals surface area contributed by atoms with E-state index in [1.165, 1.54) is 7.14 Å². The van der Waals surface area contributed by atoms with Gasteiger partial charge in [0.2, 0.25) is 0 Å². The van der Waals surface area contributed by atoms with Crippen molar-refractivity contribution in [3.05, 3.63) is 67.8 Å². The summed E-state index contributed by atoms with van der Waals surface area (Å²) in [6, 6.07) is 21.4. The second kappa shape index (κ2) is 25.5. The molecule has 0 aliphatic carbocycles. The maximum Gasteiger partial charge on any atom is 0.357 e. The number of hydrogen-bond acceptors (Lipinski definition) is 7. The predicted octanol–water partition coefficient (Wildman–Crippen LogP) is -7.98. The van der Waals surface area contributed by atoms with E-state index in [0.29, 0.717) is 0 Å². The molecule has 0 spiro atoms. The summed E-state index contributed by atoms with van der Waals surface area (Å²) in [6.07, 6.45) is 0. The van der Waals surface area contributed by atoms with Crippen molar-refractivity contribution in [3.8, 4) is 0 Å². The van der Waals surface area contributed by atoms with Crippen molar-refractivity contribution in [1.82, 2.24) is 0 Å². The van der Waals surface area contributed by atoms with Gasteiger partial charge in [-0.15, -0.1) is 0 Å². The molecule has 43 heavy (non-hydrogen) atoms. The molecule has 0 aromatic heterocycles. The Morgan fingerprint density at radius 2 is 0.535 bits per heavy atom. The minimum atomic E-state index is -5.88. The number of hydrogen-bond donors (Lipinski definition) is 11. The molecule has 2 aromatic carbocycles. The van der Waals surface area contributed by atoms with Gasteiger partial charge in [-0.05, 0) is 24.3 Å². The van der Waals surface area contributed by atoms with Crippen LogP contribution in [0.1, 0.15) is 0 Å². The van der Waals surface area contributed by atoms with Crippen molar-refractivity contribution in [2.45, 2.75) is 0 Å². The zero-order valence-electron chi connectivity index (χ0n) is 19.9. The third-order valence-corrected chi connectivity index (χ3v) is 4.37. The van der Waals surface area contributed by atoms with Gasteiger partial charge in [-0.25, -0.2) is 0 Å². The Bertz CT molecular complexity index is 1020. The van der Waals surface area contributed by atoms with Gasteiger partial charge in [-0.1, -0.05) is 36.4 Å². The second-order valence-electron chi connectivity index (χ2n) is 5.50. The van der Waals surface area contributed by atoms with E-state index in [4.69, 9.17) is 71.6 Å². The Morgan fingerprint density at radius 1 is 0.419 bits per heavy atom. The van der Waals surface area contributed by atoms with Gasteiger partial charge in [-0.2, -0.15) is 0 Å². The van der Waals surface area contributed by atoms with E-state index in [2.05, 4.69) is 60.7 Å². The van der Waals surface area contributed by atoms with Gasteiger partial charge in [-0.3, -0.25) is 0 Å². The maximum absolute atomic E-state index is 10.4. The summed E-state index contributed by atoms with van der Waals surface area (Å²) >= 11 is -34.0. The third kappa shape index (κ3) is 166. The summed E-state index contributed by atoms with van der Waals surface area (Å²) in [5.74, 6) is 0. The van der Waals surface area contributed by atoms with E-state index in [1.54, 1.807) is 0 Å². The summed E-state index contributed by atoms with van der Waals surface area (Å²) in [5.41, 5.74) is 0. The van der Waals surface area contributed by atoms with Crippen LogP contribution in [0.15, 0.2) is 60.7 Å². The molecule has 0 saturated carbocycles. The average Bonchev–Trinajstić information content (AvgIpc) is 2.61. The Balaban J connectivity index is -0.000000139. The van der Waals surface area contributed by atoms with Crippen molar-refractivity contribution >= 4 is 87.9 Å². The first-order valence-electron chi connectivity index (χ1n) is 8.69. The van der Waals surface area contributed by atoms with Crippen LogP contribution in [0.25, 0.3) is 0 Å². The molecule has 0 bridgehead atoms. The molecule has 18 nitrogen and oxygen atoms in total. The van der Waals surface area contributed by atoms with E-state index in [1.807, 2.05) is 0 Å². The monoisotopic (exact) mass is 1140 g/mol. The fourth-order valence-electron chi connectivity index (χ4n) is 1.08. The summed E-state index contributed by atoms with van der Waals surface area (Å²) in [7, 11) is 0. The van der Waals surface area contributed by atoms with Crippen molar-refractivity contribution < 1.29 is 114 Å². The molecule has 11 N–H and O–H groups in total. The molecule has 0 saturated heterocycles. The van der Waals surface area contributed by atoms with Gasteiger partial charge in [0, 0.05) is 0 Å². The fourth-order valence-corrected chi connectivity index (χ4v) is 3.35. The zero-order chi connectivity index (χ0) is 35.9. The minimum Gasteiger partial charge on any atom is -0.0619 e. The van der Waals surface area contributed by atoms with Crippen molar-refractivity contribution in [3.63, 3.8) is 0 Å². The SMILES string of the molecule is O=[As](O)(O)F.O=[As](O)(O)F.O=[As](O)(O)F.O=[As](O)(O)F.O=[As](O)(O)F.O=[As]([O-])(O)F.c1ccc([I+]c2ccccc2)cc1. The second-order valence-corrected chi connectivity index (χ2v) is 20.3. The molecule has 0 radical (unpaired) electrons. The van der Waals surface area contributed by atoms with Gasteiger partial charge in [0.05, 0.1) is 0 Å². The van der Waals surface area contributed by atoms with E-state index in [9.17, 15) is 20.8 Å². The first kappa shape index (κ1) is 52.9. The maximum atomic E-state index is 10.4. The van der Waals surface area contributed by atoms with Crippen LogP contribution in [0.5, 0.6) is 0 Å². The van der Waals surface area contributed by atoms with Crippen LogP contribution in [-0.2, 0) is 22.4 Å². The van der Waals surface area contributed by atoms with Gasteiger partial charge in [0.25, 0.3) is 0 Å². The van der Waals surface area contributed by atoms with Crippen LogP contribution in [0.3, 0.4) is 0 Å². The number of halogens is 7. The molecular weight excluding hydrogens is 1120 g/mol. The molecule has 1 unspecified atom stereocenters. The molecule has 0 aliphatic heterocycles. The predicted molar refractivity (Wildman–Crippen MR) is 120 cm³/mol.